The van der Waals surface area contributed by atoms with E-state index in [9.17, 15) is 4.79 Å². The number of thiophene rings is 1. The fraction of sp³-hybridized carbons (Fsp3) is 0.0833. The van der Waals surface area contributed by atoms with Crippen LogP contribution in [-0.2, 0) is 6.54 Å². The zero-order chi connectivity index (χ0) is 20.1. The summed E-state index contributed by atoms with van der Waals surface area (Å²) >= 11 is 1.65. The first-order valence-electron chi connectivity index (χ1n) is 9.22. The largest absolute Gasteiger partial charge is 0.497 e. The molecule has 4 rings (SSSR count). The van der Waals surface area contributed by atoms with Crippen LogP contribution in [0.1, 0.15) is 15.9 Å². The van der Waals surface area contributed by atoms with Gasteiger partial charge in [-0.1, -0.05) is 24.3 Å². The van der Waals surface area contributed by atoms with Gasteiger partial charge < -0.3 is 10.1 Å². The molecule has 144 valence electrons. The molecule has 0 spiro atoms. The molecule has 0 unspecified atom stereocenters. The van der Waals surface area contributed by atoms with Crippen LogP contribution in [0.4, 0.5) is 0 Å². The maximum atomic E-state index is 12.5. The highest BCUT2D eigenvalue weighted by Gasteiger charge is 2.07. The maximum absolute atomic E-state index is 12.5. The van der Waals surface area contributed by atoms with E-state index in [1.54, 1.807) is 24.6 Å². The zero-order valence-electron chi connectivity index (χ0n) is 16.0. The molecule has 0 fully saturated rings. The van der Waals surface area contributed by atoms with E-state index in [1.807, 2.05) is 60.1 Å². The third-order valence-corrected chi connectivity index (χ3v) is 5.34. The number of carbonyl (C=O) groups excluding carboxylic acids is 1. The fourth-order valence-corrected chi connectivity index (χ4v) is 3.74. The Bertz CT molecular complexity index is 1110. The standard InChI is InChI=1S/C24H20N2O2S/c1-28-23-4-2-3-20(12-23)18-5-7-19(8-6-18)24(27)26-14-17-11-22(15-25-13-17)21-9-10-29-16-21/h2-13,15-16H,14H2,1H3,(H,26,27). The lowest BCUT2D eigenvalue weighted by molar-refractivity contribution is 0.0951. The minimum atomic E-state index is -0.108. The molecule has 0 aliphatic heterocycles. The molecule has 2 heterocycles. The van der Waals surface area contributed by atoms with Crippen molar-refractivity contribution in [2.45, 2.75) is 6.54 Å². The van der Waals surface area contributed by atoms with Gasteiger partial charge in [0.2, 0.25) is 0 Å². The summed E-state index contributed by atoms with van der Waals surface area (Å²) in [5.74, 6) is 0.700. The van der Waals surface area contributed by atoms with E-state index < -0.39 is 0 Å². The lowest BCUT2D eigenvalue weighted by Gasteiger charge is -2.08. The average Bonchev–Trinajstić information content (AvgIpc) is 3.33. The quantitative estimate of drug-likeness (QED) is 0.470. The summed E-state index contributed by atoms with van der Waals surface area (Å²) in [5, 5.41) is 7.10. The summed E-state index contributed by atoms with van der Waals surface area (Å²) in [6.45, 7) is 0.432. The van der Waals surface area contributed by atoms with Crippen LogP contribution >= 0.6 is 11.3 Å². The van der Waals surface area contributed by atoms with Crippen molar-refractivity contribution in [3.05, 3.63) is 94.9 Å². The zero-order valence-corrected chi connectivity index (χ0v) is 16.8. The predicted octanol–water partition coefficient (Wildman–Crippen LogP) is 5.42. The molecule has 1 N–H and O–H groups in total. The number of rotatable bonds is 6. The lowest BCUT2D eigenvalue weighted by atomic mass is 10.0. The molecular weight excluding hydrogens is 380 g/mol. The van der Waals surface area contributed by atoms with Crippen molar-refractivity contribution in [3.8, 4) is 28.0 Å². The summed E-state index contributed by atoms with van der Waals surface area (Å²) < 4.78 is 5.28. The van der Waals surface area contributed by atoms with Gasteiger partial charge >= 0.3 is 0 Å². The number of aromatic nitrogens is 1. The second-order valence-corrected chi connectivity index (χ2v) is 7.37. The Hall–Kier alpha value is -3.44. The second-order valence-electron chi connectivity index (χ2n) is 6.59. The Morgan fingerprint density at radius 2 is 1.83 bits per heavy atom. The van der Waals surface area contributed by atoms with E-state index in [0.717, 1.165) is 33.6 Å². The van der Waals surface area contributed by atoms with Gasteiger partial charge in [-0.05, 0) is 69.4 Å². The van der Waals surface area contributed by atoms with Crippen molar-refractivity contribution < 1.29 is 9.53 Å². The van der Waals surface area contributed by atoms with Gasteiger partial charge in [0.05, 0.1) is 7.11 Å². The normalized spacial score (nSPS) is 10.5. The third-order valence-electron chi connectivity index (χ3n) is 4.65. The summed E-state index contributed by atoms with van der Waals surface area (Å²) in [7, 11) is 1.65. The molecule has 29 heavy (non-hydrogen) atoms. The first-order valence-corrected chi connectivity index (χ1v) is 10.2. The van der Waals surface area contributed by atoms with E-state index in [1.165, 1.54) is 0 Å². The van der Waals surface area contributed by atoms with E-state index in [0.29, 0.717) is 12.1 Å². The van der Waals surface area contributed by atoms with Gasteiger partial charge in [-0.3, -0.25) is 9.78 Å². The molecule has 0 saturated carbocycles. The van der Waals surface area contributed by atoms with Crippen molar-refractivity contribution in [2.75, 3.05) is 7.11 Å². The number of nitrogens with zero attached hydrogens (tertiary/aromatic N) is 1. The van der Waals surface area contributed by atoms with Gasteiger partial charge in [0.1, 0.15) is 5.75 Å². The Morgan fingerprint density at radius 3 is 2.59 bits per heavy atom. The topological polar surface area (TPSA) is 51.2 Å². The number of hydrogen-bond acceptors (Lipinski definition) is 4. The van der Waals surface area contributed by atoms with Gasteiger partial charge in [0.25, 0.3) is 5.91 Å². The van der Waals surface area contributed by atoms with Crippen LogP contribution in [-0.4, -0.2) is 18.0 Å². The molecule has 0 radical (unpaired) electrons. The van der Waals surface area contributed by atoms with Gasteiger partial charge in [0, 0.05) is 30.1 Å². The Morgan fingerprint density at radius 1 is 0.966 bits per heavy atom. The molecular formula is C24H20N2O2S. The van der Waals surface area contributed by atoms with E-state index in [4.69, 9.17) is 4.74 Å². The van der Waals surface area contributed by atoms with E-state index in [-0.39, 0.29) is 5.91 Å². The Kier molecular flexibility index (Phi) is 5.68. The summed E-state index contributed by atoms with van der Waals surface area (Å²) in [6, 6.07) is 19.5. The smallest absolute Gasteiger partial charge is 0.251 e. The molecule has 4 nitrogen and oxygen atoms in total. The molecule has 2 aromatic carbocycles. The molecule has 2 aromatic heterocycles. The molecule has 5 heteroatoms. The first kappa shape index (κ1) is 18.9. The minimum absolute atomic E-state index is 0.108. The Balaban J connectivity index is 1.42. The summed E-state index contributed by atoms with van der Waals surface area (Å²) in [5.41, 5.74) is 5.87. The maximum Gasteiger partial charge on any atom is 0.251 e. The van der Waals surface area contributed by atoms with Crippen molar-refractivity contribution in [3.63, 3.8) is 0 Å². The number of carbonyl (C=O) groups is 1. The van der Waals surface area contributed by atoms with Gasteiger partial charge in [-0.15, -0.1) is 0 Å². The lowest BCUT2D eigenvalue weighted by Crippen LogP contribution is -2.22. The molecule has 0 atom stereocenters. The van der Waals surface area contributed by atoms with Crippen LogP contribution in [0.25, 0.3) is 22.3 Å². The van der Waals surface area contributed by atoms with Gasteiger partial charge in [-0.25, -0.2) is 0 Å². The Labute approximate surface area is 173 Å². The van der Waals surface area contributed by atoms with Gasteiger partial charge in [-0.2, -0.15) is 11.3 Å². The molecule has 4 aromatic rings. The minimum Gasteiger partial charge on any atom is -0.497 e. The van der Waals surface area contributed by atoms with Crippen LogP contribution < -0.4 is 10.1 Å². The van der Waals surface area contributed by atoms with Crippen LogP contribution in [0.2, 0.25) is 0 Å². The monoisotopic (exact) mass is 400 g/mol. The van der Waals surface area contributed by atoms with E-state index in [2.05, 4.69) is 27.8 Å². The van der Waals surface area contributed by atoms with Crippen LogP contribution in [0.3, 0.4) is 0 Å². The first-order chi connectivity index (χ1) is 14.2. The number of ether oxygens (including phenoxy) is 1. The second kappa shape index (κ2) is 8.71. The highest BCUT2D eigenvalue weighted by Crippen LogP contribution is 2.24. The molecule has 0 aliphatic rings. The summed E-state index contributed by atoms with van der Waals surface area (Å²) in [4.78, 5) is 16.8. The number of methoxy groups -OCH3 is 1. The number of pyridine rings is 1. The fourth-order valence-electron chi connectivity index (χ4n) is 3.07. The highest BCUT2D eigenvalue weighted by atomic mass is 32.1. The van der Waals surface area contributed by atoms with Crippen molar-refractivity contribution >= 4 is 17.2 Å². The molecule has 1 amide bonds. The number of hydrogen-bond donors (Lipinski definition) is 1. The van der Waals surface area contributed by atoms with Crippen LogP contribution in [0.5, 0.6) is 5.75 Å². The summed E-state index contributed by atoms with van der Waals surface area (Å²) in [6.07, 6.45) is 3.62. The third kappa shape index (κ3) is 4.52. The SMILES string of the molecule is COc1cccc(-c2ccc(C(=O)NCc3cncc(-c4ccsc4)c3)cc2)c1. The average molecular weight is 401 g/mol. The number of nitrogens with one attached hydrogen (secondary N) is 1. The van der Waals surface area contributed by atoms with E-state index >= 15 is 0 Å². The molecule has 0 bridgehead atoms. The van der Waals surface area contributed by atoms with Crippen LogP contribution in [0, 0.1) is 0 Å². The van der Waals surface area contributed by atoms with Gasteiger partial charge in [0.15, 0.2) is 0 Å². The number of amides is 1. The highest BCUT2D eigenvalue weighted by molar-refractivity contribution is 7.08. The van der Waals surface area contributed by atoms with Crippen molar-refractivity contribution in [1.82, 2.24) is 10.3 Å². The predicted molar refractivity (Wildman–Crippen MR) is 117 cm³/mol. The molecule has 0 saturated heterocycles. The van der Waals surface area contributed by atoms with Crippen molar-refractivity contribution in [2.24, 2.45) is 0 Å². The molecule has 0 aliphatic carbocycles. The number of benzene rings is 2. The van der Waals surface area contributed by atoms with Crippen molar-refractivity contribution in [1.29, 1.82) is 0 Å². The van der Waals surface area contributed by atoms with Crippen LogP contribution in [0.15, 0.2) is 83.8 Å².